The number of amides is 2. The summed E-state index contributed by atoms with van der Waals surface area (Å²) in [6, 6.07) is 6.43. The van der Waals surface area contributed by atoms with Crippen molar-refractivity contribution in [1.82, 2.24) is 10.2 Å². The van der Waals surface area contributed by atoms with E-state index < -0.39 is 5.91 Å². The highest BCUT2D eigenvalue weighted by Gasteiger charge is 2.27. The predicted molar refractivity (Wildman–Crippen MR) is 99.6 cm³/mol. The Hall–Kier alpha value is -3.00. The predicted octanol–water partition coefficient (Wildman–Crippen LogP) is 1.98. The van der Waals surface area contributed by atoms with Gasteiger partial charge < -0.3 is 29.4 Å². The molecule has 1 aromatic heterocycles. The highest BCUT2D eigenvalue weighted by molar-refractivity contribution is 6.08. The van der Waals surface area contributed by atoms with Gasteiger partial charge in [-0.25, -0.2) is 0 Å². The molecule has 144 valence electrons. The van der Waals surface area contributed by atoms with E-state index in [1.54, 1.807) is 36.2 Å². The smallest absolute Gasteiger partial charge is 0.291 e. The van der Waals surface area contributed by atoms with E-state index in [4.69, 9.17) is 13.9 Å². The Kier molecular flexibility index (Phi) is 5.66. The molecule has 2 N–H and O–H groups in total. The van der Waals surface area contributed by atoms with Crippen LogP contribution >= 0.6 is 0 Å². The van der Waals surface area contributed by atoms with Crippen molar-refractivity contribution in [3.63, 3.8) is 0 Å². The summed E-state index contributed by atoms with van der Waals surface area (Å²) in [7, 11) is 4.75. The molecule has 2 amide bonds. The van der Waals surface area contributed by atoms with Gasteiger partial charge >= 0.3 is 0 Å². The zero-order valence-corrected chi connectivity index (χ0v) is 15.6. The van der Waals surface area contributed by atoms with Gasteiger partial charge in [0.15, 0.2) is 17.3 Å². The molecule has 2 heterocycles. The van der Waals surface area contributed by atoms with Crippen molar-refractivity contribution in [3.05, 3.63) is 41.9 Å². The largest absolute Gasteiger partial charge is 0.493 e. The molecule has 3 rings (SSSR count). The molecule has 1 atom stereocenters. The topological polar surface area (TPSA) is 93.0 Å². The normalized spacial score (nSPS) is 16.0. The molecule has 0 aliphatic carbocycles. The second-order valence-electron chi connectivity index (χ2n) is 6.25. The second kappa shape index (κ2) is 8.13. The van der Waals surface area contributed by atoms with Gasteiger partial charge in [0.05, 0.1) is 31.7 Å². The van der Waals surface area contributed by atoms with E-state index in [0.29, 0.717) is 22.7 Å². The third kappa shape index (κ3) is 3.90. The third-order valence-corrected chi connectivity index (χ3v) is 4.65. The average molecular weight is 373 g/mol. The van der Waals surface area contributed by atoms with Crippen LogP contribution in [0.3, 0.4) is 0 Å². The fourth-order valence-corrected chi connectivity index (χ4v) is 3.08. The molecule has 0 spiro atoms. The summed E-state index contributed by atoms with van der Waals surface area (Å²) in [5, 5.41) is 5.98. The van der Waals surface area contributed by atoms with Crippen molar-refractivity contribution in [2.75, 3.05) is 39.7 Å². The van der Waals surface area contributed by atoms with E-state index in [1.165, 1.54) is 20.5 Å². The molecule has 1 aromatic carbocycles. The minimum absolute atomic E-state index is 0.0965. The summed E-state index contributed by atoms with van der Waals surface area (Å²) in [4.78, 5) is 27.2. The molecule has 1 saturated heterocycles. The summed E-state index contributed by atoms with van der Waals surface area (Å²) in [5.74, 6) is 0.311. The van der Waals surface area contributed by atoms with E-state index in [1.807, 2.05) is 0 Å². The first-order valence-electron chi connectivity index (χ1n) is 8.64. The number of likely N-dealkylation sites (N-methyl/N-ethyl adjacent to an activating group) is 1. The summed E-state index contributed by atoms with van der Waals surface area (Å²) in [6.45, 7) is 1.61. The lowest BCUT2D eigenvalue weighted by Gasteiger charge is -2.25. The monoisotopic (exact) mass is 373 g/mol. The van der Waals surface area contributed by atoms with Crippen LogP contribution in [-0.2, 0) is 0 Å². The number of hydrogen-bond acceptors (Lipinski definition) is 6. The van der Waals surface area contributed by atoms with Gasteiger partial charge in [-0.15, -0.1) is 0 Å². The SMILES string of the molecule is COc1cc(NC(=O)c2ccco2)c(C(=O)N(C)C2CCNC2)cc1OC. The van der Waals surface area contributed by atoms with E-state index in [0.717, 1.165) is 19.5 Å². The first-order valence-corrected chi connectivity index (χ1v) is 8.64. The van der Waals surface area contributed by atoms with Crippen molar-refractivity contribution < 1.29 is 23.5 Å². The van der Waals surface area contributed by atoms with Crippen LogP contribution in [0, 0.1) is 0 Å². The number of nitrogens with one attached hydrogen (secondary N) is 2. The quantitative estimate of drug-likeness (QED) is 0.804. The van der Waals surface area contributed by atoms with Crippen LogP contribution in [0.2, 0.25) is 0 Å². The molecular formula is C19H23N3O5. The lowest BCUT2D eigenvalue weighted by atomic mass is 10.1. The molecule has 8 nitrogen and oxygen atoms in total. The molecular weight excluding hydrogens is 350 g/mol. The van der Waals surface area contributed by atoms with Crippen molar-refractivity contribution in [1.29, 1.82) is 0 Å². The standard InChI is InChI=1S/C19H23N3O5/c1-22(12-6-7-20-11-12)19(24)13-9-16(25-2)17(26-3)10-14(13)21-18(23)15-5-4-8-27-15/h4-5,8-10,12,20H,6-7,11H2,1-3H3,(H,21,23). The van der Waals surface area contributed by atoms with Crippen LogP contribution in [0.1, 0.15) is 27.3 Å². The molecule has 0 saturated carbocycles. The molecule has 27 heavy (non-hydrogen) atoms. The van der Waals surface area contributed by atoms with Crippen LogP contribution in [0.15, 0.2) is 34.9 Å². The Morgan fingerprint density at radius 1 is 1.26 bits per heavy atom. The Balaban J connectivity index is 1.96. The molecule has 1 unspecified atom stereocenters. The molecule has 2 aromatic rings. The van der Waals surface area contributed by atoms with Crippen molar-refractivity contribution in [3.8, 4) is 11.5 Å². The number of carbonyl (C=O) groups is 2. The fraction of sp³-hybridized carbons (Fsp3) is 0.368. The van der Waals surface area contributed by atoms with Crippen LogP contribution < -0.4 is 20.1 Å². The highest BCUT2D eigenvalue weighted by atomic mass is 16.5. The summed E-state index contributed by atoms with van der Waals surface area (Å²) in [6.07, 6.45) is 2.29. The first kappa shape index (κ1) is 18.8. The second-order valence-corrected chi connectivity index (χ2v) is 6.25. The highest BCUT2D eigenvalue weighted by Crippen LogP contribution is 2.34. The third-order valence-electron chi connectivity index (χ3n) is 4.65. The number of anilines is 1. The number of rotatable bonds is 6. The average Bonchev–Trinajstić information content (AvgIpc) is 3.40. The van der Waals surface area contributed by atoms with Gasteiger partial charge in [0, 0.05) is 25.7 Å². The molecule has 0 bridgehead atoms. The zero-order chi connectivity index (χ0) is 19.4. The molecule has 1 aliphatic rings. The van der Waals surface area contributed by atoms with Crippen LogP contribution in [-0.4, -0.2) is 57.1 Å². The van der Waals surface area contributed by atoms with Gasteiger partial charge in [-0.2, -0.15) is 0 Å². The molecule has 0 radical (unpaired) electrons. The van der Waals surface area contributed by atoms with Gasteiger partial charge in [0.2, 0.25) is 0 Å². The van der Waals surface area contributed by atoms with E-state index in [9.17, 15) is 9.59 Å². The minimum atomic E-state index is -0.452. The van der Waals surface area contributed by atoms with Gasteiger partial charge in [-0.05, 0) is 31.2 Å². The number of nitrogens with zero attached hydrogens (tertiary/aromatic N) is 1. The summed E-state index contributed by atoms with van der Waals surface area (Å²) in [5.41, 5.74) is 0.652. The number of carbonyl (C=O) groups excluding carboxylic acids is 2. The molecule has 1 fully saturated rings. The number of benzene rings is 1. The van der Waals surface area contributed by atoms with E-state index >= 15 is 0 Å². The van der Waals surface area contributed by atoms with E-state index in [-0.39, 0.29) is 17.7 Å². The fourth-order valence-electron chi connectivity index (χ4n) is 3.08. The van der Waals surface area contributed by atoms with Crippen molar-refractivity contribution in [2.45, 2.75) is 12.5 Å². The number of methoxy groups -OCH3 is 2. The Bertz CT molecular complexity index is 813. The minimum Gasteiger partial charge on any atom is -0.493 e. The van der Waals surface area contributed by atoms with Crippen LogP contribution in [0.4, 0.5) is 5.69 Å². The van der Waals surface area contributed by atoms with Gasteiger partial charge in [-0.1, -0.05) is 0 Å². The molecule has 8 heteroatoms. The van der Waals surface area contributed by atoms with Gasteiger partial charge in [-0.3, -0.25) is 9.59 Å². The Labute approximate surface area is 157 Å². The first-order chi connectivity index (χ1) is 13.0. The van der Waals surface area contributed by atoms with Crippen molar-refractivity contribution >= 4 is 17.5 Å². The zero-order valence-electron chi connectivity index (χ0n) is 15.6. The number of furan rings is 1. The lowest BCUT2D eigenvalue weighted by molar-refractivity contribution is 0.0744. The lowest BCUT2D eigenvalue weighted by Crippen LogP contribution is -2.38. The van der Waals surface area contributed by atoms with Crippen LogP contribution in [0.5, 0.6) is 11.5 Å². The van der Waals surface area contributed by atoms with Crippen molar-refractivity contribution in [2.24, 2.45) is 0 Å². The number of hydrogen-bond donors (Lipinski definition) is 2. The van der Waals surface area contributed by atoms with E-state index in [2.05, 4.69) is 10.6 Å². The van der Waals surface area contributed by atoms with Crippen LogP contribution in [0.25, 0.3) is 0 Å². The maximum absolute atomic E-state index is 13.1. The maximum atomic E-state index is 13.1. The summed E-state index contributed by atoms with van der Waals surface area (Å²) < 4.78 is 15.8. The summed E-state index contributed by atoms with van der Waals surface area (Å²) >= 11 is 0. The Morgan fingerprint density at radius 2 is 2.00 bits per heavy atom. The molecule has 1 aliphatic heterocycles. The Morgan fingerprint density at radius 3 is 2.59 bits per heavy atom. The van der Waals surface area contributed by atoms with Gasteiger partial charge in [0.1, 0.15) is 0 Å². The van der Waals surface area contributed by atoms with Gasteiger partial charge in [0.25, 0.3) is 11.8 Å². The maximum Gasteiger partial charge on any atom is 0.291 e. The number of ether oxygens (including phenoxy) is 2.